The van der Waals surface area contributed by atoms with Gasteiger partial charge in [-0.1, -0.05) is 34.1 Å². The lowest BCUT2D eigenvalue weighted by Crippen LogP contribution is -2.61. The smallest absolute Gasteiger partial charge is 0.0568 e. The molecule has 0 aliphatic heterocycles. The van der Waals surface area contributed by atoms with Gasteiger partial charge in [0.2, 0.25) is 0 Å². The van der Waals surface area contributed by atoms with E-state index >= 15 is 0 Å². The molecule has 0 aromatic carbocycles. The fraction of sp³-hybridized carbons (Fsp3) is 1.00. The van der Waals surface area contributed by atoms with Crippen LogP contribution < -0.4 is 0 Å². The predicted molar refractivity (Wildman–Crippen MR) is 108 cm³/mol. The normalized spacial score (nSPS) is 62.0. The molecule has 5 aliphatic carbocycles. The van der Waals surface area contributed by atoms with Crippen molar-refractivity contribution in [3.8, 4) is 0 Å². The maximum Gasteiger partial charge on any atom is 0.0568 e. The van der Waals surface area contributed by atoms with Crippen LogP contribution in [0.4, 0.5) is 0 Å². The molecule has 1 heteroatoms. The van der Waals surface area contributed by atoms with Gasteiger partial charge in [0.15, 0.2) is 0 Å². The summed E-state index contributed by atoms with van der Waals surface area (Å²) in [5.41, 5.74) is 1.77. The monoisotopic (exact) mass is 358 g/mol. The zero-order valence-corrected chi connectivity index (χ0v) is 17.8. The maximum absolute atomic E-state index is 10.5. The van der Waals surface area contributed by atoms with Gasteiger partial charge in [-0.05, 0) is 116 Å². The quantitative estimate of drug-likeness (QED) is 0.528. The first-order valence-electron chi connectivity index (χ1n) is 12.0. The third kappa shape index (κ3) is 2.19. The predicted octanol–water partition coefficient (Wildman–Crippen LogP) is 6.44. The summed E-state index contributed by atoms with van der Waals surface area (Å²) in [4.78, 5) is 0. The fourth-order valence-electron chi connectivity index (χ4n) is 10.2. The van der Waals surface area contributed by atoms with Crippen molar-refractivity contribution in [1.29, 1.82) is 0 Å². The molecule has 0 aromatic heterocycles. The Morgan fingerprint density at radius 3 is 2.19 bits per heavy atom. The topological polar surface area (TPSA) is 20.2 Å². The Hall–Kier alpha value is -0.0400. The molecule has 0 heterocycles. The zero-order valence-electron chi connectivity index (χ0n) is 17.8. The highest BCUT2D eigenvalue weighted by Crippen LogP contribution is 2.71. The Morgan fingerprint density at radius 1 is 0.692 bits per heavy atom. The Labute approximate surface area is 161 Å². The van der Waals surface area contributed by atoms with Gasteiger partial charge in [0.1, 0.15) is 0 Å². The molecular weight excluding hydrogens is 316 g/mol. The van der Waals surface area contributed by atoms with Gasteiger partial charge >= 0.3 is 0 Å². The number of aliphatic hydroxyl groups excluding tert-OH is 1. The average Bonchev–Trinajstić information content (AvgIpc) is 3.00. The largest absolute Gasteiger partial charge is 0.393 e. The van der Waals surface area contributed by atoms with Crippen molar-refractivity contribution >= 4 is 0 Å². The third-order valence-electron chi connectivity index (χ3n) is 11.5. The van der Waals surface area contributed by atoms with E-state index in [0.717, 1.165) is 36.0 Å². The molecule has 5 fully saturated rings. The van der Waals surface area contributed by atoms with Crippen LogP contribution in [-0.2, 0) is 0 Å². The van der Waals surface area contributed by atoms with E-state index < -0.39 is 0 Å². The molecule has 0 amide bonds. The summed E-state index contributed by atoms with van der Waals surface area (Å²) in [5.74, 6) is 5.26. The second-order valence-corrected chi connectivity index (χ2v) is 12.2. The molecule has 148 valence electrons. The van der Waals surface area contributed by atoms with Crippen LogP contribution in [0, 0.1) is 51.8 Å². The minimum Gasteiger partial charge on any atom is -0.393 e. The first-order valence-corrected chi connectivity index (χ1v) is 12.0. The summed E-state index contributed by atoms with van der Waals surface area (Å²) < 4.78 is 0. The van der Waals surface area contributed by atoms with E-state index in [-0.39, 0.29) is 6.10 Å². The van der Waals surface area contributed by atoms with Crippen molar-refractivity contribution in [2.75, 3.05) is 0 Å². The molecular formula is C25H42O. The van der Waals surface area contributed by atoms with Gasteiger partial charge < -0.3 is 5.11 Å². The van der Waals surface area contributed by atoms with Gasteiger partial charge in [0.05, 0.1) is 6.10 Å². The van der Waals surface area contributed by atoms with Crippen LogP contribution >= 0.6 is 0 Å². The molecule has 5 rings (SSSR count). The molecule has 5 saturated carbocycles. The molecule has 0 aromatic rings. The van der Waals surface area contributed by atoms with Crippen molar-refractivity contribution < 1.29 is 5.11 Å². The van der Waals surface area contributed by atoms with Crippen LogP contribution in [0.5, 0.6) is 0 Å². The molecule has 0 radical (unpaired) electrons. The summed E-state index contributed by atoms with van der Waals surface area (Å²) in [6.45, 7) is 10.4. The number of hydrogen-bond donors (Lipinski definition) is 1. The summed E-state index contributed by atoms with van der Waals surface area (Å²) in [6, 6.07) is 0. The summed E-state index contributed by atoms with van der Waals surface area (Å²) >= 11 is 0. The Balaban J connectivity index is 1.47. The van der Waals surface area contributed by atoms with Crippen LogP contribution in [-0.4, -0.2) is 11.2 Å². The summed E-state index contributed by atoms with van der Waals surface area (Å²) in [5, 5.41) is 10.5. The number of hydrogen-bond acceptors (Lipinski definition) is 1. The Kier molecular flexibility index (Phi) is 3.98. The maximum atomic E-state index is 10.5. The summed E-state index contributed by atoms with van der Waals surface area (Å²) in [7, 11) is 0. The van der Waals surface area contributed by atoms with Gasteiger partial charge in [-0.15, -0.1) is 0 Å². The van der Waals surface area contributed by atoms with Crippen molar-refractivity contribution in [3.05, 3.63) is 0 Å². The molecule has 26 heavy (non-hydrogen) atoms. The minimum atomic E-state index is -0.0392. The van der Waals surface area contributed by atoms with E-state index in [0.29, 0.717) is 22.2 Å². The molecule has 1 nitrogen and oxygen atoms in total. The highest BCUT2D eigenvalue weighted by molar-refractivity contribution is 5.13. The van der Waals surface area contributed by atoms with Crippen LogP contribution in [0.15, 0.2) is 0 Å². The Morgan fingerprint density at radius 2 is 1.38 bits per heavy atom. The van der Waals surface area contributed by atoms with E-state index in [1.165, 1.54) is 64.2 Å². The van der Waals surface area contributed by atoms with Crippen molar-refractivity contribution in [2.24, 2.45) is 51.8 Å². The van der Waals surface area contributed by atoms with E-state index in [1.54, 1.807) is 0 Å². The minimum absolute atomic E-state index is 0.0392. The van der Waals surface area contributed by atoms with Crippen LogP contribution in [0.2, 0.25) is 0 Å². The molecule has 1 N–H and O–H groups in total. The standard InChI is InChI=1S/C25H42O/c1-16-18-10-14-25(4)20-9-13-23(2)12-5-6-19(23)17(20)7-8-22(25)24(18,3)15-11-21(16)26/h16-22,26H,5-15H2,1-4H3. The fourth-order valence-corrected chi connectivity index (χ4v) is 10.2. The van der Waals surface area contributed by atoms with Crippen molar-refractivity contribution in [1.82, 2.24) is 0 Å². The lowest BCUT2D eigenvalue weighted by atomic mass is 9.38. The number of rotatable bonds is 0. The van der Waals surface area contributed by atoms with Crippen molar-refractivity contribution in [3.63, 3.8) is 0 Å². The first kappa shape index (κ1) is 18.0. The average molecular weight is 359 g/mol. The lowest BCUT2D eigenvalue weighted by Gasteiger charge is -2.67. The SMILES string of the molecule is CC1C(O)CCC2(C)C1CCC1(C)C3CCC4(C)CCCC4C3CCC21. The first-order chi connectivity index (χ1) is 12.3. The molecule has 10 unspecified atom stereocenters. The van der Waals surface area contributed by atoms with Crippen LogP contribution in [0.3, 0.4) is 0 Å². The van der Waals surface area contributed by atoms with Gasteiger partial charge in [0, 0.05) is 0 Å². The number of fused-ring (bicyclic) bond motifs is 7. The third-order valence-corrected chi connectivity index (χ3v) is 11.5. The molecule has 0 saturated heterocycles. The van der Waals surface area contributed by atoms with Crippen molar-refractivity contribution in [2.45, 2.75) is 104 Å². The highest BCUT2D eigenvalue weighted by Gasteiger charge is 2.63. The van der Waals surface area contributed by atoms with Gasteiger partial charge in [-0.3, -0.25) is 0 Å². The van der Waals surface area contributed by atoms with E-state index in [4.69, 9.17) is 0 Å². The summed E-state index contributed by atoms with van der Waals surface area (Å²) in [6.07, 6.45) is 15.7. The number of aliphatic hydroxyl groups is 1. The van der Waals surface area contributed by atoms with E-state index in [1.807, 2.05) is 0 Å². The lowest BCUT2D eigenvalue weighted by molar-refractivity contribution is -0.193. The van der Waals surface area contributed by atoms with Gasteiger partial charge in [0.25, 0.3) is 0 Å². The molecule has 5 aliphatic rings. The zero-order chi connectivity index (χ0) is 18.3. The van der Waals surface area contributed by atoms with E-state index in [2.05, 4.69) is 27.7 Å². The van der Waals surface area contributed by atoms with E-state index in [9.17, 15) is 5.11 Å². The molecule has 10 atom stereocenters. The Bertz CT molecular complexity index is 571. The van der Waals surface area contributed by atoms with Crippen LogP contribution in [0.1, 0.15) is 98.3 Å². The van der Waals surface area contributed by atoms with Gasteiger partial charge in [-0.2, -0.15) is 0 Å². The van der Waals surface area contributed by atoms with Gasteiger partial charge in [-0.25, -0.2) is 0 Å². The second kappa shape index (κ2) is 5.74. The van der Waals surface area contributed by atoms with Crippen LogP contribution in [0.25, 0.3) is 0 Å². The second-order valence-electron chi connectivity index (χ2n) is 12.2. The highest BCUT2D eigenvalue weighted by atomic mass is 16.3. The molecule has 0 spiro atoms. The molecule has 0 bridgehead atoms.